The number of nitro groups is 1. The van der Waals surface area contributed by atoms with E-state index in [1.807, 2.05) is 0 Å². The molecule has 0 spiro atoms. The van der Waals surface area contributed by atoms with Gasteiger partial charge in [0, 0.05) is 13.2 Å². The summed E-state index contributed by atoms with van der Waals surface area (Å²) in [4.78, 5) is 22.0. The van der Waals surface area contributed by atoms with Gasteiger partial charge in [-0.05, 0) is 31.4 Å². The normalized spacial score (nSPS) is 10.2. The maximum Gasteiger partial charge on any atom is 0.300 e. The van der Waals surface area contributed by atoms with Gasteiger partial charge in [0.1, 0.15) is 10.6 Å². The molecule has 0 aromatic heterocycles. The number of para-hydroxylation sites is 1. The van der Waals surface area contributed by atoms with Crippen molar-refractivity contribution in [1.29, 1.82) is 0 Å². The Labute approximate surface area is 115 Å². The van der Waals surface area contributed by atoms with Crippen LogP contribution in [-0.2, 0) is 0 Å². The minimum atomic E-state index is -0.664. The summed E-state index contributed by atoms with van der Waals surface area (Å²) in [6.07, 6.45) is 2.17. The summed E-state index contributed by atoms with van der Waals surface area (Å²) in [5, 5.41) is 22.0. The Morgan fingerprint density at radius 3 is 2.74 bits per heavy atom. The van der Waals surface area contributed by atoms with Gasteiger partial charge in [0.25, 0.3) is 5.91 Å². The van der Waals surface area contributed by atoms with E-state index in [4.69, 9.17) is 16.7 Å². The number of nitrogens with one attached hydrogen (secondary N) is 1. The molecule has 0 aliphatic heterocycles. The highest BCUT2D eigenvalue weighted by molar-refractivity contribution is 6.33. The van der Waals surface area contributed by atoms with E-state index in [9.17, 15) is 14.9 Å². The molecule has 104 valence electrons. The van der Waals surface area contributed by atoms with Crippen molar-refractivity contribution in [1.82, 2.24) is 5.32 Å². The van der Waals surface area contributed by atoms with E-state index < -0.39 is 10.8 Å². The van der Waals surface area contributed by atoms with E-state index in [1.54, 1.807) is 0 Å². The Morgan fingerprint density at radius 2 is 2.11 bits per heavy atom. The van der Waals surface area contributed by atoms with Crippen LogP contribution in [-0.4, -0.2) is 29.1 Å². The lowest BCUT2D eigenvalue weighted by Gasteiger charge is -2.06. The lowest BCUT2D eigenvalue weighted by Crippen LogP contribution is -2.25. The standard InChI is InChI=1S/C12H15ClN2O4/c13-10-6-4-5-9(11(10)15(18)19)12(17)14-7-2-1-3-8-16/h4-6,16H,1-3,7-8H2,(H,14,17). The zero-order chi connectivity index (χ0) is 14.3. The van der Waals surface area contributed by atoms with E-state index in [1.165, 1.54) is 18.2 Å². The van der Waals surface area contributed by atoms with Gasteiger partial charge in [0.05, 0.1) is 4.92 Å². The van der Waals surface area contributed by atoms with Gasteiger partial charge in [-0.1, -0.05) is 17.7 Å². The SMILES string of the molecule is O=C(NCCCCCO)c1cccc(Cl)c1[N+](=O)[O-]. The zero-order valence-electron chi connectivity index (χ0n) is 10.3. The highest BCUT2D eigenvalue weighted by Gasteiger charge is 2.23. The molecule has 0 aliphatic carbocycles. The van der Waals surface area contributed by atoms with Crippen molar-refractivity contribution in [3.05, 3.63) is 38.9 Å². The summed E-state index contributed by atoms with van der Waals surface area (Å²) in [5.41, 5.74) is -0.420. The molecule has 1 aromatic carbocycles. The fraction of sp³-hybridized carbons (Fsp3) is 0.417. The molecular formula is C12H15ClN2O4. The number of halogens is 1. The number of carbonyl (C=O) groups is 1. The number of aliphatic hydroxyl groups is 1. The number of hydrogen-bond acceptors (Lipinski definition) is 4. The van der Waals surface area contributed by atoms with E-state index in [-0.39, 0.29) is 22.9 Å². The fourth-order valence-corrected chi connectivity index (χ4v) is 1.84. The van der Waals surface area contributed by atoms with Crippen LogP contribution in [0.25, 0.3) is 0 Å². The molecule has 19 heavy (non-hydrogen) atoms. The highest BCUT2D eigenvalue weighted by atomic mass is 35.5. The van der Waals surface area contributed by atoms with Gasteiger partial charge in [-0.15, -0.1) is 0 Å². The van der Waals surface area contributed by atoms with Gasteiger partial charge in [0.2, 0.25) is 0 Å². The lowest BCUT2D eigenvalue weighted by molar-refractivity contribution is -0.385. The number of nitro benzene ring substituents is 1. The third-order valence-corrected chi connectivity index (χ3v) is 2.84. The molecule has 1 rings (SSSR count). The van der Waals surface area contributed by atoms with Crippen molar-refractivity contribution in [2.24, 2.45) is 0 Å². The second kappa shape index (κ2) is 7.70. The van der Waals surface area contributed by atoms with Crippen molar-refractivity contribution in [2.75, 3.05) is 13.2 Å². The topological polar surface area (TPSA) is 92.5 Å². The van der Waals surface area contributed by atoms with Crippen molar-refractivity contribution < 1.29 is 14.8 Å². The molecule has 2 N–H and O–H groups in total. The first-order valence-electron chi connectivity index (χ1n) is 5.90. The van der Waals surface area contributed by atoms with Crippen LogP contribution in [0.5, 0.6) is 0 Å². The number of rotatable bonds is 7. The summed E-state index contributed by atoms with van der Waals surface area (Å²) in [5.74, 6) is -0.516. The number of unbranched alkanes of at least 4 members (excludes halogenated alkanes) is 2. The number of carbonyl (C=O) groups excluding carboxylic acids is 1. The van der Waals surface area contributed by atoms with Crippen LogP contribution < -0.4 is 5.32 Å². The maximum absolute atomic E-state index is 11.8. The average molecular weight is 287 g/mol. The summed E-state index contributed by atoms with van der Waals surface area (Å²) >= 11 is 5.72. The van der Waals surface area contributed by atoms with Gasteiger partial charge in [-0.25, -0.2) is 0 Å². The molecule has 0 unspecified atom stereocenters. The van der Waals surface area contributed by atoms with Crippen molar-refractivity contribution in [2.45, 2.75) is 19.3 Å². The predicted octanol–water partition coefficient (Wildman–Crippen LogP) is 2.14. The fourth-order valence-electron chi connectivity index (χ4n) is 1.59. The number of hydrogen-bond donors (Lipinski definition) is 2. The molecule has 0 saturated carbocycles. The van der Waals surface area contributed by atoms with Crippen LogP contribution in [0.1, 0.15) is 29.6 Å². The van der Waals surface area contributed by atoms with E-state index >= 15 is 0 Å². The van der Waals surface area contributed by atoms with Crippen LogP contribution in [0.4, 0.5) is 5.69 Å². The minimum Gasteiger partial charge on any atom is -0.396 e. The molecule has 0 radical (unpaired) electrons. The molecular weight excluding hydrogens is 272 g/mol. The Bertz CT molecular complexity index is 465. The van der Waals surface area contributed by atoms with Crippen LogP contribution in [0.2, 0.25) is 5.02 Å². The Hall–Kier alpha value is -1.66. The number of amides is 1. The lowest BCUT2D eigenvalue weighted by atomic mass is 10.1. The maximum atomic E-state index is 11.8. The Kier molecular flexibility index (Phi) is 6.24. The first kappa shape index (κ1) is 15.4. The van der Waals surface area contributed by atoms with Gasteiger partial charge in [0.15, 0.2) is 0 Å². The summed E-state index contributed by atoms with van der Waals surface area (Å²) < 4.78 is 0. The zero-order valence-corrected chi connectivity index (χ0v) is 11.0. The number of aliphatic hydroxyl groups excluding tert-OH is 1. The summed E-state index contributed by atoms with van der Waals surface area (Å²) in [6, 6.07) is 4.24. The molecule has 1 amide bonds. The quantitative estimate of drug-likeness (QED) is 0.456. The molecule has 0 saturated heterocycles. The van der Waals surface area contributed by atoms with Crippen LogP contribution in [0.3, 0.4) is 0 Å². The van der Waals surface area contributed by atoms with E-state index in [2.05, 4.69) is 5.32 Å². The molecule has 0 heterocycles. The molecule has 0 bridgehead atoms. The smallest absolute Gasteiger partial charge is 0.300 e. The van der Waals surface area contributed by atoms with E-state index in [0.717, 1.165) is 6.42 Å². The first-order valence-corrected chi connectivity index (χ1v) is 6.27. The Balaban J connectivity index is 2.67. The molecule has 0 atom stereocenters. The van der Waals surface area contributed by atoms with Crippen molar-refractivity contribution >= 4 is 23.2 Å². The monoisotopic (exact) mass is 286 g/mol. The largest absolute Gasteiger partial charge is 0.396 e. The molecule has 6 nitrogen and oxygen atoms in total. The van der Waals surface area contributed by atoms with Crippen LogP contribution in [0.15, 0.2) is 18.2 Å². The molecule has 1 aromatic rings. The van der Waals surface area contributed by atoms with Gasteiger partial charge >= 0.3 is 5.69 Å². The summed E-state index contributed by atoms with van der Waals surface area (Å²) in [6.45, 7) is 0.524. The molecule has 0 aliphatic rings. The second-order valence-electron chi connectivity index (χ2n) is 3.93. The average Bonchev–Trinajstić information content (AvgIpc) is 2.37. The van der Waals surface area contributed by atoms with Crippen LogP contribution in [0, 0.1) is 10.1 Å². The first-order chi connectivity index (χ1) is 9.07. The molecule has 7 heteroatoms. The number of benzene rings is 1. The predicted molar refractivity (Wildman–Crippen MR) is 71.4 cm³/mol. The minimum absolute atomic E-state index is 0.0420. The van der Waals surface area contributed by atoms with Gasteiger partial charge in [-0.2, -0.15) is 0 Å². The summed E-state index contributed by atoms with van der Waals surface area (Å²) in [7, 11) is 0. The van der Waals surface area contributed by atoms with Crippen molar-refractivity contribution in [3.63, 3.8) is 0 Å². The Morgan fingerprint density at radius 1 is 1.37 bits per heavy atom. The molecule has 0 fully saturated rings. The van der Waals surface area contributed by atoms with E-state index in [0.29, 0.717) is 19.4 Å². The van der Waals surface area contributed by atoms with Crippen LogP contribution >= 0.6 is 11.6 Å². The third-order valence-electron chi connectivity index (χ3n) is 2.53. The highest BCUT2D eigenvalue weighted by Crippen LogP contribution is 2.27. The third kappa shape index (κ3) is 4.50. The van der Waals surface area contributed by atoms with Crippen molar-refractivity contribution in [3.8, 4) is 0 Å². The van der Waals surface area contributed by atoms with Gasteiger partial charge < -0.3 is 10.4 Å². The van der Waals surface area contributed by atoms with Gasteiger partial charge in [-0.3, -0.25) is 14.9 Å². The second-order valence-corrected chi connectivity index (χ2v) is 4.34. The number of nitrogens with zero attached hydrogens (tertiary/aromatic N) is 1.